The van der Waals surface area contributed by atoms with E-state index in [0.29, 0.717) is 5.92 Å². The Morgan fingerprint density at radius 1 is 1.27 bits per heavy atom. The van der Waals surface area contributed by atoms with E-state index in [2.05, 4.69) is 53.4 Å². The van der Waals surface area contributed by atoms with Crippen molar-refractivity contribution in [3.8, 4) is 0 Å². The SMILES string of the molecule is CC1=NNCC1c1ccccc1.NN.O. The fraction of sp³-hybridized carbons (Fsp3) is 0.300. The molecule has 1 aliphatic rings. The maximum Gasteiger partial charge on any atom is 0.0451 e. The molecule has 0 amide bonds. The first-order valence-electron chi connectivity index (χ1n) is 4.53. The van der Waals surface area contributed by atoms with Crippen molar-refractivity contribution in [2.45, 2.75) is 12.8 Å². The minimum atomic E-state index is 0. The van der Waals surface area contributed by atoms with Crippen molar-refractivity contribution in [1.82, 2.24) is 5.43 Å². The first-order chi connectivity index (χ1) is 6.88. The third-order valence-electron chi connectivity index (χ3n) is 2.26. The minimum absolute atomic E-state index is 0. The van der Waals surface area contributed by atoms with Crippen LogP contribution in [0.3, 0.4) is 0 Å². The molecule has 7 N–H and O–H groups in total. The molecule has 0 aliphatic carbocycles. The van der Waals surface area contributed by atoms with Crippen molar-refractivity contribution in [1.29, 1.82) is 0 Å². The van der Waals surface area contributed by atoms with Crippen LogP contribution in [0.15, 0.2) is 35.4 Å². The number of hydrogen-bond acceptors (Lipinski definition) is 4. The van der Waals surface area contributed by atoms with Gasteiger partial charge in [0.05, 0.1) is 0 Å². The summed E-state index contributed by atoms with van der Waals surface area (Å²) in [4.78, 5) is 0. The standard InChI is InChI=1S/C10H12N2.H4N2.H2O/c1-8-10(7-11-12-8)9-5-3-2-4-6-9;1-2;/h2-6,10-11H,7H2,1H3;1-2H2;1H2. The topological polar surface area (TPSA) is 108 Å². The Balaban J connectivity index is 0.000000617. The van der Waals surface area contributed by atoms with Gasteiger partial charge in [-0.2, -0.15) is 5.10 Å². The van der Waals surface area contributed by atoms with Crippen molar-refractivity contribution >= 4 is 5.71 Å². The zero-order valence-electron chi connectivity index (χ0n) is 8.77. The zero-order valence-corrected chi connectivity index (χ0v) is 8.77. The largest absolute Gasteiger partial charge is 0.412 e. The Bertz CT molecular complexity index is 300. The van der Waals surface area contributed by atoms with Gasteiger partial charge in [-0.3, -0.25) is 11.7 Å². The van der Waals surface area contributed by atoms with Crippen LogP contribution in [-0.4, -0.2) is 17.7 Å². The summed E-state index contributed by atoms with van der Waals surface area (Å²) in [5, 5.41) is 4.16. The number of hydrogen-bond donors (Lipinski definition) is 3. The third kappa shape index (κ3) is 3.32. The Morgan fingerprint density at radius 2 is 1.87 bits per heavy atom. The van der Waals surface area contributed by atoms with Crippen LogP contribution in [0.2, 0.25) is 0 Å². The van der Waals surface area contributed by atoms with Crippen molar-refractivity contribution in [2.24, 2.45) is 16.8 Å². The molecule has 0 aromatic heterocycles. The first-order valence-corrected chi connectivity index (χ1v) is 4.53. The van der Waals surface area contributed by atoms with Crippen LogP contribution in [-0.2, 0) is 0 Å². The van der Waals surface area contributed by atoms with E-state index in [1.54, 1.807) is 0 Å². The number of nitrogens with zero attached hydrogens (tertiary/aromatic N) is 1. The second-order valence-electron chi connectivity index (χ2n) is 3.08. The molecule has 15 heavy (non-hydrogen) atoms. The van der Waals surface area contributed by atoms with Gasteiger partial charge < -0.3 is 10.9 Å². The number of nitrogens with one attached hydrogen (secondary N) is 1. The van der Waals surface area contributed by atoms with E-state index < -0.39 is 0 Å². The molecule has 1 heterocycles. The Hall–Kier alpha value is -1.43. The molecule has 0 fully saturated rings. The summed E-state index contributed by atoms with van der Waals surface area (Å²) >= 11 is 0. The van der Waals surface area contributed by atoms with E-state index in [-0.39, 0.29) is 5.48 Å². The fourth-order valence-corrected chi connectivity index (χ4v) is 1.53. The molecule has 2 rings (SSSR count). The highest BCUT2D eigenvalue weighted by Crippen LogP contribution is 2.19. The van der Waals surface area contributed by atoms with E-state index in [1.807, 2.05) is 6.07 Å². The molecule has 5 heteroatoms. The number of hydrazine groups is 1. The van der Waals surface area contributed by atoms with Gasteiger partial charge in [-0.15, -0.1) is 0 Å². The molecule has 1 unspecified atom stereocenters. The molecular formula is C10H18N4O. The smallest absolute Gasteiger partial charge is 0.0451 e. The average molecular weight is 210 g/mol. The van der Waals surface area contributed by atoms with Crippen LogP contribution < -0.4 is 17.1 Å². The quantitative estimate of drug-likeness (QED) is 0.439. The molecule has 84 valence electrons. The summed E-state index contributed by atoms with van der Waals surface area (Å²) in [6.07, 6.45) is 0. The molecule has 1 atom stereocenters. The fourth-order valence-electron chi connectivity index (χ4n) is 1.53. The van der Waals surface area contributed by atoms with E-state index in [9.17, 15) is 0 Å². The number of hydrazone groups is 1. The summed E-state index contributed by atoms with van der Waals surface area (Å²) in [7, 11) is 0. The van der Waals surface area contributed by atoms with E-state index in [4.69, 9.17) is 0 Å². The molecule has 0 spiro atoms. The normalized spacial score (nSPS) is 17.8. The van der Waals surface area contributed by atoms with Gasteiger partial charge in [0.15, 0.2) is 0 Å². The monoisotopic (exact) mass is 210 g/mol. The molecule has 5 nitrogen and oxygen atoms in total. The molecule has 0 saturated heterocycles. The maximum absolute atomic E-state index is 4.16. The minimum Gasteiger partial charge on any atom is -0.412 e. The zero-order chi connectivity index (χ0) is 10.4. The predicted molar refractivity (Wildman–Crippen MR) is 62.3 cm³/mol. The lowest BCUT2D eigenvalue weighted by molar-refractivity contribution is 0.763. The van der Waals surface area contributed by atoms with Gasteiger partial charge in [-0.25, -0.2) is 0 Å². The second kappa shape index (κ2) is 6.94. The molecule has 0 saturated carbocycles. The van der Waals surface area contributed by atoms with Crippen molar-refractivity contribution in [3.63, 3.8) is 0 Å². The summed E-state index contributed by atoms with van der Waals surface area (Å²) in [5.74, 6) is 8.48. The summed E-state index contributed by atoms with van der Waals surface area (Å²) in [5.41, 5.74) is 5.54. The van der Waals surface area contributed by atoms with Crippen molar-refractivity contribution in [2.75, 3.05) is 6.54 Å². The Labute approximate surface area is 89.4 Å². The van der Waals surface area contributed by atoms with Crippen molar-refractivity contribution < 1.29 is 5.48 Å². The van der Waals surface area contributed by atoms with Crippen molar-refractivity contribution in [3.05, 3.63) is 35.9 Å². The number of rotatable bonds is 1. The van der Waals surface area contributed by atoms with Gasteiger partial charge in [-0.05, 0) is 12.5 Å². The first kappa shape index (κ1) is 13.6. The Kier molecular flexibility index (Phi) is 6.28. The van der Waals surface area contributed by atoms with Crippen LogP contribution in [0.5, 0.6) is 0 Å². The lowest BCUT2D eigenvalue weighted by Crippen LogP contribution is -2.11. The van der Waals surface area contributed by atoms with Gasteiger partial charge in [0.25, 0.3) is 0 Å². The highest BCUT2D eigenvalue weighted by atomic mass is 16.0. The lowest BCUT2D eigenvalue weighted by Gasteiger charge is -2.08. The summed E-state index contributed by atoms with van der Waals surface area (Å²) in [6.45, 7) is 3.01. The summed E-state index contributed by atoms with van der Waals surface area (Å²) < 4.78 is 0. The van der Waals surface area contributed by atoms with Gasteiger partial charge >= 0.3 is 0 Å². The van der Waals surface area contributed by atoms with E-state index in [1.165, 1.54) is 11.3 Å². The second-order valence-corrected chi connectivity index (χ2v) is 3.08. The molecule has 1 aromatic carbocycles. The molecule has 0 bridgehead atoms. The predicted octanol–water partition coefficient (Wildman–Crippen LogP) is -0.257. The van der Waals surface area contributed by atoms with Crippen LogP contribution in [0.1, 0.15) is 18.4 Å². The van der Waals surface area contributed by atoms with Crippen LogP contribution in [0.25, 0.3) is 0 Å². The van der Waals surface area contributed by atoms with Gasteiger partial charge in [0, 0.05) is 18.2 Å². The Morgan fingerprint density at radius 3 is 2.33 bits per heavy atom. The number of nitrogens with two attached hydrogens (primary N) is 2. The highest BCUT2D eigenvalue weighted by molar-refractivity contribution is 5.90. The molecule has 1 aliphatic heterocycles. The average Bonchev–Trinajstić information content (AvgIpc) is 2.69. The highest BCUT2D eigenvalue weighted by Gasteiger charge is 2.18. The van der Waals surface area contributed by atoms with Crippen LogP contribution in [0.4, 0.5) is 0 Å². The molecule has 1 aromatic rings. The molecular weight excluding hydrogens is 192 g/mol. The van der Waals surface area contributed by atoms with E-state index in [0.717, 1.165) is 6.54 Å². The number of benzene rings is 1. The maximum atomic E-state index is 4.16. The van der Waals surface area contributed by atoms with Crippen LogP contribution >= 0.6 is 0 Å². The van der Waals surface area contributed by atoms with Crippen LogP contribution in [0, 0.1) is 0 Å². The van der Waals surface area contributed by atoms with Gasteiger partial charge in [-0.1, -0.05) is 30.3 Å². The third-order valence-corrected chi connectivity index (χ3v) is 2.26. The van der Waals surface area contributed by atoms with E-state index >= 15 is 0 Å². The van der Waals surface area contributed by atoms with Gasteiger partial charge in [0.2, 0.25) is 0 Å². The molecule has 0 radical (unpaired) electrons. The van der Waals surface area contributed by atoms with Gasteiger partial charge in [0.1, 0.15) is 0 Å². The lowest BCUT2D eigenvalue weighted by atomic mass is 9.96. The summed E-state index contributed by atoms with van der Waals surface area (Å²) in [6, 6.07) is 10.5.